The Bertz CT molecular complexity index is 1380. The Labute approximate surface area is 183 Å². The number of aromatic nitrogens is 5. The van der Waals surface area contributed by atoms with Crippen molar-refractivity contribution >= 4 is 22.9 Å². The fourth-order valence-electron chi connectivity index (χ4n) is 3.40. The van der Waals surface area contributed by atoms with E-state index in [1.807, 2.05) is 47.0 Å². The molecule has 3 aromatic heterocycles. The van der Waals surface area contributed by atoms with Gasteiger partial charge in [0.1, 0.15) is 6.33 Å². The lowest BCUT2D eigenvalue weighted by Crippen LogP contribution is -2.10. The second kappa shape index (κ2) is 8.27. The van der Waals surface area contributed by atoms with E-state index in [0.29, 0.717) is 34.9 Å². The molecule has 0 aliphatic heterocycles. The maximum atomic E-state index is 11.4. The minimum Gasteiger partial charge on any atom is -0.366 e. The van der Waals surface area contributed by atoms with E-state index in [1.54, 1.807) is 43.0 Å². The van der Waals surface area contributed by atoms with Crippen LogP contribution in [0.25, 0.3) is 28.2 Å². The van der Waals surface area contributed by atoms with Crippen molar-refractivity contribution in [2.24, 2.45) is 5.73 Å². The van der Waals surface area contributed by atoms with Gasteiger partial charge in [-0.25, -0.2) is 15.0 Å². The molecule has 32 heavy (non-hydrogen) atoms. The summed E-state index contributed by atoms with van der Waals surface area (Å²) in [5, 5.41) is 3.37. The van der Waals surface area contributed by atoms with E-state index in [-0.39, 0.29) is 0 Å². The van der Waals surface area contributed by atoms with Crippen LogP contribution >= 0.6 is 0 Å². The lowest BCUT2D eigenvalue weighted by Gasteiger charge is -2.10. The number of benzene rings is 2. The van der Waals surface area contributed by atoms with Crippen LogP contribution in [0.15, 0.2) is 85.5 Å². The number of pyridine rings is 1. The summed E-state index contributed by atoms with van der Waals surface area (Å²) in [4.78, 5) is 29.7. The summed E-state index contributed by atoms with van der Waals surface area (Å²) in [6.07, 6.45) is 5.28. The monoisotopic (exact) mass is 421 g/mol. The number of fused-ring (bicyclic) bond motifs is 1. The van der Waals surface area contributed by atoms with Gasteiger partial charge in [0.05, 0.1) is 0 Å². The lowest BCUT2D eigenvalue weighted by molar-refractivity contribution is 0.100. The van der Waals surface area contributed by atoms with Crippen LogP contribution in [0.5, 0.6) is 0 Å². The number of primary amides is 1. The number of anilines is 1. The lowest BCUT2D eigenvalue weighted by atomic mass is 10.1. The number of nitrogens with zero attached hydrogens (tertiary/aromatic N) is 5. The van der Waals surface area contributed by atoms with Crippen LogP contribution in [0.3, 0.4) is 0 Å². The molecule has 8 nitrogen and oxygen atoms in total. The largest absolute Gasteiger partial charge is 0.366 e. The summed E-state index contributed by atoms with van der Waals surface area (Å²) in [5.41, 5.74) is 9.87. The third-order valence-corrected chi connectivity index (χ3v) is 5.04. The van der Waals surface area contributed by atoms with E-state index in [9.17, 15) is 4.79 Å². The summed E-state index contributed by atoms with van der Waals surface area (Å²) in [6, 6.07) is 20.7. The summed E-state index contributed by atoms with van der Waals surface area (Å²) in [5.74, 6) is 0.649. The molecule has 0 atom stereocenters. The maximum Gasteiger partial charge on any atom is 0.248 e. The third-order valence-electron chi connectivity index (χ3n) is 5.04. The Morgan fingerprint density at radius 1 is 0.969 bits per heavy atom. The van der Waals surface area contributed by atoms with Gasteiger partial charge in [0.25, 0.3) is 0 Å². The van der Waals surface area contributed by atoms with Crippen LogP contribution in [0.2, 0.25) is 0 Å². The van der Waals surface area contributed by atoms with Crippen molar-refractivity contribution in [3.8, 4) is 17.1 Å². The Morgan fingerprint density at radius 3 is 2.50 bits per heavy atom. The smallest absolute Gasteiger partial charge is 0.248 e. The molecule has 8 heteroatoms. The highest BCUT2D eigenvalue weighted by atomic mass is 16.1. The number of hydrogen-bond donors (Lipinski definition) is 2. The van der Waals surface area contributed by atoms with E-state index in [4.69, 9.17) is 15.7 Å². The second-order valence-corrected chi connectivity index (χ2v) is 7.17. The van der Waals surface area contributed by atoms with Crippen LogP contribution in [-0.2, 0) is 6.54 Å². The van der Waals surface area contributed by atoms with Gasteiger partial charge < -0.3 is 11.1 Å². The Hall–Kier alpha value is -4.59. The Kier molecular flexibility index (Phi) is 5.01. The van der Waals surface area contributed by atoms with Crippen molar-refractivity contribution in [1.82, 2.24) is 24.5 Å². The van der Waals surface area contributed by atoms with Gasteiger partial charge in [-0.05, 0) is 35.9 Å². The fourth-order valence-corrected chi connectivity index (χ4v) is 3.40. The predicted octanol–water partition coefficient (Wildman–Crippen LogP) is 3.59. The number of rotatable bonds is 6. The summed E-state index contributed by atoms with van der Waals surface area (Å²) in [7, 11) is 0. The minimum absolute atomic E-state index is 0.430. The van der Waals surface area contributed by atoms with Gasteiger partial charge in [-0.2, -0.15) is 0 Å². The number of nitrogens with two attached hydrogens (primary N) is 1. The van der Waals surface area contributed by atoms with Crippen LogP contribution in [-0.4, -0.2) is 30.4 Å². The molecule has 1 amide bonds. The SMILES string of the molecule is NC(=O)c1ccc(-c2nc(NCc3cccnc3)c3ncn(-c4ccccc4)c3n2)cc1. The average Bonchev–Trinajstić information content (AvgIpc) is 3.28. The van der Waals surface area contributed by atoms with E-state index in [0.717, 1.165) is 16.8 Å². The van der Waals surface area contributed by atoms with Crippen molar-refractivity contribution in [2.75, 3.05) is 5.32 Å². The highest BCUT2D eigenvalue weighted by Crippen LogP contribution is 2.26. The quantitative estimate of drug-likeness (QED) is 0.433. The van der Waals surface area contributed by atoms with Crippen LogP contribution in [0, 0.1) is 0 Å². The highest BCUT2D eigenvalue weighted by molar-refractivity contribution is 5.93. The molecule has 0 saturated heterocycles. The van der Waals surface area contributed by atoms with Gasteiger partial charge in [-0.15, -0.1) is 0 Å². The first-order chi connectivity index (χ1) is 15.7. The molecule has 2 aromatic carbocycles. The summed E-state index contributed by atoms with van der Waals surface area (Å²) < 4.78 is 1.92. The zero-order chi connectivity index (χ0) is 21.9. The second-order valence-electron chi connectivity index (χ2n) is 7.17. The first-order valence-electron chi connectivity index (χ1n) is 10.0. The van der Waals surface area contributed by atoms with Gasteiger partial charge in [0, 0.05) is 35.8 Å². The van der Waals surface area contributed by atoms with E-state index in [2.05, 4.69) is 15.3 Å². The standard InChI is InChI=1S/C24H19N7O/c25-21(32)17-8-10-18(11-9-17)22-29-23(27-14-16-5-4-12-26-13-16)20-24(30-22)31(15-28-20)19-6-2-1-3-7-19/h1-13,15H,14H2,(H2,25,32)(H,27,29,30). The first-order valence-corrected chi connectivity index (χ1v) is 10.0. The Balaban J connectivity index is 1.62. The van der Waals surface area contributed by atoms with Crippen molar-refractivity contribution < 1.29 is 4.79 Å². The third kappa shape index (κ3) is 3.77. The molecular weight excluding hydrogens is 402 g/mol. The Morgan fingerprint density at radius 2 is 1.78 bits per heavy atom. The molecule has 0 aliphatic carbocycles. The van der Waals surface area contributed by atoms with Gasteiger partial charge in [0.15, 0.2) is 22.8 Å². The normalized spacial score (nSPS) is 10.9. The molecule has 0 saturated carbocycles. The molecule has 156 valence electrons. The molecule has 0 unspecified atom stereocenters. The maximum absolute atomic E-state index is 11.4. The minimum atomic E-state index is -0.478. The zero-order valence-electron chi connectivity index (χ0n) is 17.0. The number of amides is 1. The number of hydrogen-bond acceptors (Lipinski definition) is 6. The van der Waals surface area contributed by atoms with E-state index >= 15 is 0 Å². The van der Waals surface area contributed by atoms with E-state index < -0.39 is 5.91 Å². The molecule has 0 aliphatic rings. The van der Waals surface area contributed by atoms with Crippen LogP contribution in [0.4, 0.5) is 5.82 Å². The molecule has 0 spiro atoms. The number of carbonyl (C=O) groups is 1. The number of carbonyl (C=O) groups excluding carboxylic acids is 1. The topological polar surface area (TPSA) is 112 Å². The summed E-state index contributed by atoms with van der Waals surface area (Å²) >= 11 is 0. The molecule has 3 N–H and O–H groups in total. The van der Waals surface area contributed by atoms with Gasteiger partial charge >= 0.3 is 0 Å². The first kappa shape index (κ1) is 19.4. The molecular formula is C24H19N7O. The zero-order valence-corrected chi connectivity index (χ0v) is 17.0. The summed E-state index contributed by atoms with van der Waals surface area (Å²) in [6.45, 7) is 0.540. The molecule has 5 aromatic rings. The van der Waals surface area contributed by atoms with Crippen molar-refractivity contribution in [2.45, 2.75) is 6.54 Å². The van der Waals surface area contributed by atoms with Gasteiger partial charge in [0.2, 0.25) is 5.91 Å². The van der Waals surface area contributed by atoms with Crippen molar-refractivity contribution in [1.29, 1.82) is 0 Å². The van der Waals surface area contributed by atoms with Gasteiger partial charge in [-0.3, -0.25) is 14.3 Å². The number of imidazole rings is 1. The highest BCUT2D eigenvalue weighted by Gasteiger charge is 2.16. The molecule has 0 bridgehead atoms. The van der Waals surface area contributed by atoms with Crippen LogP contribution in [0.1, 0.15) is 15.9 Å². The molecule has 0 fully saturated rings. The molecule has 5 rings (SSSR count). The number of para-hydroxylation sites is 1. The predicted molar refractivity (Wildman–Crippen MR) is 122 cm³/mol. The molecule has 0 radical (unpaired) electrons. The van der Waals surface area contributed by atoms with Crippen LogP contribution < -0.4 is 11.1 Å². The van der Waals surface area contributed by atoms with Crippen molar-refractivity contribution in [3.05, 3.63) is 96.6 Å². The average molecular weight is 421 g/mol. The number of nitrogens with one attached hydrogen (secondary N) is 1. The molecule has 3 heterocycles. The van der Waals surface area contributed by atoms with E-state index in [1.165, 1.54) is 0 Å². The van der Waals surface area contributed by atoms with Crippen molar-refractivity contribution in [3.63, 3.8) is 0 Å². The van der Waals surface area contributed by atoms with Gasteiger partial charge in [-0.1, -0.05) is 36.4 Å². The fraction of sp³-hybridized carbons (Fsp3) is 0.0417.